The van der Waals surface area contributed by atoms with Crippen LogP contribution in [0.1, 0.15) is 5.69 Å². The maximum absolute atomic E-state index is 11.8. The van der Waals surface area contributed by atoms with E-state index in [4.69, 9.17) is 4.74 Å². The molecule has 1 aromatic rings. The average molecular weight is 263 g/mol. The van der Waals surface area contributed by atoms with Gasteiger partial charge in [-0.1, -0.05) is 0 Å². The van der Waals surface area contributed by atoms with Gasteiger partial charge in [-0.3, -0.25) is 0 Å². The lowest BCUT2D eigenvalue weighted by molar-refractivity contribution is 0.0724. The van der Waals surface area contributed by atoms with Crippen LogP contribution in [0, 0.1) is 0 Å². The Labute approximate surface area is 98.4 Å². The highest BCUT2D eigenvalue weighted by atomic mass is 32.2. The number of rotatable bonds is 4. The molecule has 0 radical (unpaired) electrons. The predicted molar refractivity (Wildman–Crippen MR) is 60.3 cm³/mol. The number of hydrogen-bond donors (Lipinski definition) is 1. The van der Waals surface area contributed by atoms with Gasteiger partial charge < -0.3 is 4.74 Å². The van der Waals surface area contributed by atoms with Crippen molar-refractivity contribution in [2.75, 3.05) is 26.3 Å². The molecule has 1 aromatic heterocycles. The molecule has 0 aromatic carbocycles. The molecular formula is C8H13N3O3S2. The van der Waals surface area contributed by atoms with Crippen molar-refractivity contribution in [3.8, 4) is 0 Å². The van der Waals surface area contributed by atoms with E-state index in [0.717, 1.165) is 5.69 Å². The number of aromatic nitrogens is 1. The Morgan fingerprint density at radius 2 is 2.25 bits per heavy atom. The van der Waals surface area contributed by atoms with Gasteiger partial charge in [-0.05, 0) is 0 Å². The summed E-state index contributed by atoms with van der Waals surface area (Å²) >= 11 is 1.45. The van der Waals surface area contributed by atoms with Gasteiger partial charge in [0, 0.05) is 18.5 Å². The molecule has 2 heterocycles. The lowest BCUT2D eigenvalue weighted by atomic mass is 10.5. The molecule has 90 valence electrons. The molecule has 1 N–H and O–H groups in total. The SMILES string of the molecule is O=S(=O)(NCc1cscn1)N1CCOCC1. The Hall–Kier alpha value is -0.540. The number of thiazole rings is 1. The van der Waals surface area contributed by atoms with E-state index < -0.39 is 10.2 Å². The minimum atomic E-state index is -3.39. The zero-order chi connectivity index (χ0) is 11.4. The van der Waals surface area contributed by atoms with Crippen molar-refractivity contribution in [3.63, 3.8) is 0 Å². The van der Waals surface area contributed by atoms with Crippen LogP contribution in [0.4, 0.5) is 0 Å². The van der Waals surface area contributed by atoms with Crippen molar-refractivity contribution in [2.24, 2.45) is 0 Å². The van der Waals surface area contributed by atoms with Gasteiger partial charge in [-0.15, -0.1) is 11.3 Å². The van der Waals surface area contributed by atoms with Crippen molar-refractivity contribution >= 4 is 21.5 Å². The third-order valence-corrected chi connectivity index (χ3v) is 4.42. The van der Waals surface area contributed by atoms with Crippen LogP contribution in [0.2, 0.25) is 0 Å². The minimum Gasteiger partial charge on any atom is -0.379 e. The second-order valence-corrected chi connectivity index (χ2v) is 5.79. The third kappa shape index (κ3) is 2.98. The topological polar surface area (TPSA) is 71.5 Å². The fraction of sp³-hybridized carbons (Fsp3) is 0.625. The van der Waals surface area contributed by atoms with Gasteiger partial charge in [-0.25, -0.2) is 4.98 Å². The van der Waals surface area contributed by atoms with E-state index in [1.165, 1.54) is 15.6 Å². The first-order valence-corrected chi connectivity index (χ1v) is 7.26. The molecule has 2 rings (SSSR count). The molecule has 0 aliphatic carbocycles. The lowest BCUT2D eigenvalue weighted by Gasteiger charge is -2.25. The van der Waals surface area contributed by atoms with Crippen LogP contribution < -0.4 is 4.72 Å². The second-order valence-electron chi connectivity index (χ2n) is 3.32. The fourth-order valence-electron chi connectivity index (χ4n) is 1.37. The Morgan fingerprint density at radius 1 is 1.50 bits per heavy atom. The van der Waals surface area contributed by atoms with Crippen molar-refractivity contribution in [1.29, 1.82) is 0 Å². The molecule has 0 unspecified atom stereocenters. The molecule has 1 saturated heterocycles. The number of morpholine rings is 1. The number of nitrogens with one attached hydrogen (secondary N) is 1. The Kier molecular flexibility index (Phi) is 3.87. The molecule has 1 aliphatic heterocycles. The van der Waals surface area contributed by atoms with E-state index >= 15 is 0 Å². The minimum absolute atomic E-state index is 0.239. The molecule has 1 fully saturated rings. The van der Waals surface area contributed by atoms with Crippen molar-refractivity contribution in [2.45, 2.75) is 6.54 Å². The summed E-state index contributed by atoms with van der Waals surface area (Å²) in [5.41, 5.74) is 2.42. The smallest absolute Gasteiger partial charge is 0.279 e. The normalized spacial score (nSPS) is 18.8. The Morgan fingerprint density at radius 3 is 2.88 bits per heavy atom. The van der Waals surface area contributed by atoms with E-state index in [9.17, 15) is 8.42 Å². The first-order valence-electron chi connectivity index (χ1n) is 4.88. The zero-order valence-corrected chi connectivity index (χ0v) is 10.3. The maximum atomic E-state index is 11.8. The van der Waals surface area contributed by atoms with Crippen molar-refractivity contribution in [3.05, 3.63) is 16.6 Å². The summed E-state index contributed by atoms with van der Waals surface area (Å²) in [5, 5.41) is 1.82. The summed E-state index contributed by atoms with van der Waals surface area (Å²) < 4.78 is 32.6. The monoisotopic (exact) mass is 263 g/mol. The summed E-state index contributed by atoms with van der Waals surface area (Å²) in [6.45, 7) is 1.97. The summed E-state index contributed by atoms with van der Waals surface area (Å²) in [5.74, 6) is 0. The van der Waals surface area contributed by atoms with Crippen molar-refractivity contribution in [1.82, 2.24) is 14.0 Å². The van der Waals surface area contributed by atoms with E-state index in [0.29, 0.717) is 26.3 Å². The highest BCUT2D eigenvalue weighted by molar-refractivity contribution is 7.87. The Bertz CT molecular complexity index is 412. The Balaban J connectivity index is 1.91. The van der Waals surface area contributed by atoms with Gasteiger partial charge in [0.1, 0.15) is 0 Å². The van der Waals surface area contributed by atoms with Crippen LogP contribution in [-0.4, -0.2) is 44.0 Å². The van der Waals surface area contributed by atoms with E-state index in [2.05, 4.69) is 9.71 Å². The highest BCUT2D eigenvalue weighted by Gasteiger charge is 2.23. The third-order valence-electron chi connectivity index (χ3n) is 2.23. The summed E-state index contributed by atoms with van der Waals surface area (Å²) in [6.07, 6.45) is 0. The molecule has 6 nitrogen and oxygen atoms in total. The predicted octanol–water partition coefficient (Wildman–Crippen LogP) is -0.190. The van der Waals surface area contributed by atoms with Gasteiger partial charge in [0.2, 0.25) is 0 Å². The lowest BCUT2D eigenvalue weighted by Crippen LogP contribution is -2.46. The molecule has 0 bridgehead atoms. The number of ether oxygens (including phenoxy) is 1. The van der Waals surface area contributed by atoms with E-state index in [1.807, 2.05) is 5.38 Å². The highest BCUT2D eigenvalue weighted by Crippen LogP contribution is 2.05. The van der Waals surface area contributed by atoms with Crippen LogP contribution in [0.3, 0.4) is 0 Å². The molecule has 0 spiro atoms. The average Bonchev–Trinajstić information content (AvgIpc) is 2.81. The van der Waals surface area contributed by atoms with Gasteiger partial charge in [0.25, 0.3) is 10.2 Å². The zero-order valence-electron chi connectivity index (χ0n) is 8.63. The quantitative estimate of drug-likeness (QED) is 0.817. The molecule has 8 heteroatoms. The second kappa shape index (κ2) is 5.19. The standard InChI is InChI=1S/C8H13N3O3S2/c12-16(13,11-1-3-14-4-2-11)10-5-8-6-15-7-9-8/h6-7,10H,1-5H2. The van der Waals surface area contributed by atoms with E-state index in [-0.39, 0.29) is 6.54 Å². The largest absolute Gasteiger partial charge is 0.379 e. The summed E-state index contributed by atoms with van der Waals surface area (Å²) in [4.78, 5) is 4.01. The first kappa shape index (κ1) is 11.9. The van der Waals surface area contributed by atoms with Crippen LogP contribution in [0.25, 0.3) is 0 Å². The molecule has 0 saturated carbocycles. The molecule has 16 heavy (non-hydrogen) atoms. The van der Waals surface area contributed by atoms with Crippen LogP contribution in [0.5, 0.6) is 0 Å². The van der Waals surface area contributed by atoms with Crippen LogP contribution >= 0.6 is 11.3 Å². The van der Waals surface area contributed by atoms with Crippen LogP contribution in [0.15, 0.2) is 10.9 Å². The van der Waals surface area contributed by atoms with Crippen molar-refractivity contribution < 1.29 is 13.2 Å². The molecule has 1 aliphatic rings. The molecular weight excluding hydrogens is 250 g/mol. The summed E-state index contributed by atoms with van der Waals surface area (Å²) in [6, 6.07) is 0. The van der Waals surface area contributed by atoms with Gasteiger partial charge in [0.15, 0.2) is 0 Å². The summed E-state index contributed by atoms with van der Waals surface area (Å²) in [7, 11) is -3.39. The number of hydrogen-bond acceptors (Lipinski definition) is 5. The molecule has 0 atom stereocenters. The first-order chi connectivity index (χ1) is 7.68. The van der Waals surface area contributed by atoms with Crippen LogP contribution in [-0.2, 0) is 21.5 Å². The van der Waals surface area contributed by atoms with Gasteiger partial charge in [0.05, 0.1) is 31.0 Å². The van der Waals surface area contributed by atoms with Gasteiger partial charge >= 0.3 is 0 Å². The van der Waals surface area contributed by atoms with Gasteiger partial charge in [-0.2, -0.15) is 17.4 Å². The molecule has 0 amide bonds. The maximum Gasteiger partial charge on any atom is 0.279 e. The fourth-order valence-corrected chi connectivity index (χ4v) is 3.07. The van der Waals surface area contributed by atoms with E-state index in [1.54, 1.807) is 5.51 Å². The number of nitrogens with zero attached hydrogens (tertiary/aromatic N) is 2.